The second kappa shape index (κ2) is 13.6. The van der Waals surface area contributed by atoms with Gasteiger partial charge < -0.3 is 15.3 Å². The Kier molecular flexibility index (Phi) is 11.8. The first-order valence-corrected chi connectivity index (χ1v) is 10.2. The summed E-state index contributed by atoms with van der Waals surface area (Å²) in [4.78, 5) is 12.2. The van der Waals surface area contributed by atoms with Crippen molar-refractivity contribution >= 4 is 5.78 Å². The van der Waals surface area contributed by atoms with Crippen molar-refractivity contribution in [2.75, 3.05) is 6.61 Å². The van der Waals surface area contributed by atoms with Crippen molar-refractivity contribution < 1.29 is 20.1 Å². The normalized spacial score (nSPS) is 12.2. The van der Waals surface area contributed by atoms with Crippen molar-refractivity contribution in [2.24, 2.45) is 5.92 Å². The van der Waals surface area contributed by atoms with E-state index in [9.17, 15) is 15.0 Å². The number of carbonyl (C=O) groups excluding carboxylic acids is 1. The third kappa shape index (κ3) is 9.81. The molecule has 1 aromatic rings. The molecule has 0 aliphatic rings. The van der Waals surface area contributed by atoms with E-state index in [4.69, 9.17) is 5.11 Å². The summed E-state index contributed by atoms with van der Waals surface area (Å²) in [5.41, 5.74) is 0.218. The number of hydrogen-bond acceptors (Lipinski definition) is 4. The third-order valence-electron chi connectivity index (χ3n) is 4.92. The zero-order chi connectivity index (χ0) is 19.2. The third-order valence-corrected chi connectivity index (χ3v) is 4.92. The lowest BCUT2D eigenvalue weighted by atomic mass is 9.94. The molecular formula is C22H36O4. The van der Waals surface area contributed by atoms with Crippen LogP contribution < -0.4 is 0 Å². The highest BCUT2D eigenvalue weighted by atomic mass is 16.3. The van der Waals surface area contributed by atoms with E-state index in [0.29, 0.717) is 13.0 Å². The highest BCUT2D eigenvalue weighted by molar-refractivity contribution is 5.99. The van der Waals surface area contributed by atoms with Gasteiger partial charge in [-0.3, -0.25) is 4.79 Å². The summed E-state index contributed by atoms with van der Waals surface area (Å²) in [7, 11) is 0. The molecule has 0 aliphatic carbocycles. The van der Waals surface area contributed by atoms with Crippen LogP contribution in [-0.2, 0) is 0 Å². The Morgan fingerprint density at radius 1 is 0.885 bits per heavy atom. The summed E-state index contributed by atoms with van der Waals surface area (Å²) in [5, 5.41) is 27.9. The van der Waals surface area contributed by atoms with Crippen LogP contribution in [0.2, 0.25) is 0 Å². The molecule has 1 atom stereocenters. The van der Waals surface area contributed by atoms with Gasteiger partial charge >= 0.3 is 0 Å². The van der Waals surface area contributed by atoms with Crippen LogP contribution in [0.15, 0.2) is 18.2 Å². The van der Waals surface area contributed by atoms with E-state index in [1.165, 1.54) is 63.1 Å². The Labute approximate surface area is 158 Å². The number of hydrogen-bond donors (Lipinski definition) is 3. The Bertz CT molecular complexity index is 513. The first kappa shape index (κ1) is 22.5. The fourth-order valence-electron chi connectivity index (χ4n) is 3.29. The van der Waals surface area contributed by atoms with Crippen LogP contribution in [0.25, 0.3) is 0 Å². The second-order valence-corrected chi connectivity index (χ2v) is 7.48. The highest BCUT2D eigenvalue weighted by Gasteiger charge is 2.15. The van der Waals surface area contributed by atoms with Gasteiger partial charge in [-0.05, 0) is 30.5 Å². The summed E-state index contributed by atoms with van der Waals surface area (Å²) in [6, 6.07) is 4.08. The van der Waals surface area contributed by atoms with Gasteiger partial charge in [-0.25, -0.2) is 0 Å². The minimum Gasteiger partial charge on any atom is -0.508 e. The number of phenols is 2. The molecule has 26 heavy (non-hydrogen) atoms. The molecule has 0 heterocycles. The summed E-state index contributed by atoms with van der Waals surface area (Å²) >= 11 is 0. The van der Waals surface area contributed by atoms with Crippen molar-refractivity contribution in [2.45, 2.75) is 84.0 Å². The maximum atomic E-state index is 12.2. The lowest BCUT2D eigenvalue weighted by Gasteiger charge is -2.11. The maximum absolute atomic E-state index is 12.2. The van der Waals surface area contributed by atoms with E-state index in [1.807, 2.05) is 0 Å². The molecule has 0 aromatic heterocycles. The number of ketones is 1. The number of unbranched alkanes of at least 4 members (excludes halogenated alkanes) is 9. The predicted molar refractivity (Wildman–Crippen MR) is 106 cm³/mol. The molecule has 0 saturated carbocycles. The minimum atomic E-state index is -0.105. The Hall–Kier alpha value is -1.55. The molecule has 0 aliphatic heterocycles. The SMILES string of the molecule is CC(CCCCCCCCCCCCO)CC(=O)c1cc(O)ccc1O. The van der Waals surface area contributed by atoms with Crippen LogP contribution in [-0.4, -0.2) is 27.7 Å². The highest BCUT2D eigenvalue weighted by Crippen LogP contribution is 2.25. The first-order chi connectivity index (χ1) is 12.5. The molecule has 4 nitrogen and oxygen atoms in total. The van der Waals surface area contributed by atoms with E-state index in [1.54, 1.807) is 0 Å². The molecule has 0 fully saturated rings. The smallest absolute Gasteiger partial charge is 0.166 e. The zero-order valence-electron chi connectivity index (χ0n) is 16.3. The number of phenolic OH excluding ortho intramolecular Hbond substituents is 2. The molecule has 1 rings (SSSR count). The quantitative estimate of drug-likeness (QED) is 0.215. The van der Waals surface area contributed by atoms with Crippen molar-refractivity contribution in [3.05, 3.63) is 23.8 Å². The minimum absolute atomic E-state index is 0.00667. The van der Waals surface area contributed by atoms with Crippen molar-refractivity contribution in [3.63, 3.8) is 0 Å². The molecule has 0 spiro atoms. The molecular weight excluding hydrogens is 328 g/mol. The number of rotatable bonds is 15. The number of benzene rings is 1. The van der Waals surface area contributed by atoms with Gasteiger partial charge in [0.25, 0.3) is 0 Å². The fourth-order valence-corrected chi connectivity index (χ4v) is 3.29. The predicted octanol–water partition coefficient (Wildman–Crippen LogP) is 5.59. The summed E-state index contributed by atoms with van der Waals surface area (Å²) in [6.45, 7) is 2.39. The van der Waals surface area contributed by atoms with Gasteiger partial charge in [0.1, 0.15) is 11.5 Å². The summed E-state index contributed by atoms with van der Waals surface area (Å²) < 4.78 is 0. The van der Waals surface area contributed by atoms with Crippen LogP contribution in [0.1, 0.15) is 94.3 Å². The van der Waals surface area contributed by atoms with Gasteiger partial charge in [0, 0.05) is 13.0 Å². The van der Waals surface area contributed by atoms with E-state index >= 15 is 0 Å². The lowest BCUT2D eigenvalue weighted by Crippen LogP contribution is -2.06. The zero-order valence-corrected chi connectivity index (χ0v) is 16.3. The summed E-state index contributed by atoms with van der Waals surface area (Å²) in [5.74, 6) is 0.131. The van der Waals surface area contributed by atoms with E-state index in [2.05, 4.69) is 6.92 Å². The fraction of sp³-hybridized carbons (Fsp3) is 0.682. The molecule has 3 N–H and O–H groups in total. The number of aliphatic hydroxyl groups excluding tert-OH is 1. The van der Waals surface area contributed by atoms with Crippen molar-refractivity contribution in [1.82, 2.24) is 0 Å². The molecule has 0 saturated heterocycles. The van der Waals surface area contributed by atoms with Crippen molar-refractivity contribution in [1.29, 1.82) is 0 Å². The first-order valence-electron chi connectivity index (χ1n) is 10.2. The number of Topliss-reactive ketones (excluding diaryl/α,β-unsaturated/α-hetero) is 1. The van der Waals surface area contributed by atoms with Crippen LogP contribution in [0.5, 0.6) is 11.5 Å². The Morgan fingerprint density at radius 2 is 1.42 bits per heavy atom. The Balaban J connectivity index is 2.05. The second-order valence-electron chi connectivity index (χ2n) is 7.48. The van der Waals surface area contributed by atoms with Crippen LogP contribution in [0.4, 0.5) is 0 Å². The van der Waals surface area contributed by atoms with Gasteiger partial charge in [0.05, 0.1) is 5.56 Å². The topological polar surface area (TPSA) is 77.8 Å². The summed E-state index contributed by atoms with van der Waals surface area (Å²) in [6.07, 6.45) is 13.5. The van der Waals surface area contributed by atoms with Gasteiger partial charge in [0.2, 0.25) is 0 Å². The molecule has 1 unspecified atom stereocenters. The standard InChI is InChI=1S/C22H36O4/c1-18(16-22(26)20-17-19(24)13-14-21(20)25)12-10-8-6-4-2-3-5-7-9-11-15-23/h13-14,17-18,23-25H,2-12,15-16H2,1H3. The number of aromatic hydroxyl groups is 2. The van der Waals surface area contributed by atoms with E-state index in [0.717, 1.165) is 25.7 Å². The number of aliphatic hydroxyl groups is 1. The van der Waals surface area contributed by atoms with Crippen LogP contribution >= 0.6 is 0 Å². The number of carbonyl (C=O) groups is 1. The molecule has 1 aromatic carbocycles. The average Bonchev–Trinajstić information content (AvgIpc) is 2.61. The molecule has 0 radical (unpaired) electrons. The van der Waals surface area contributed by atoms with Crippen LogP contribution in [0.3, 0.4) is 0 Å². The lowest BCUT2D eigenvalue weighted by molar-refractivity contribution is 0.0959. The van der Waals surface area contributed by atoms with Crippen molar-refractivity contribution in [3.8, 4) is 11.5 Å². The average molecular weight is 365 g/mol. The molecule has 148 valence electrons. The molecule has 4 heteroatoms. The monoisotopic (exact) mass is 364 g/mol. The maximum Gasteiger partial charge on any atom is 0.166 e. The molecule has 0 amide bonds. The van der Waals surface area contributed by atoms with E-state index in [-0.39, 0.29) is 28.8 Å². The van der Waals surface area contributed by atoms with Gasteiger partial charge in [-0.1, -0.05) is 71.1 Å². The van der Waals surface area contributed by atoms with Gasteiger partial charge in [-0.2, -0.15) is 0 Å². The Morgan fingerprint density at radius 3 is 2.00 bits per heavy atom. The van der Waals surface area contributed by atoms with Gasteiger partial charge in [0.15, 0.2) is 5.78 Å². The van der Waals surface area contributed by atoms with Gasteiger partial charge in [-0.15, -0.1) is 0 Å². The van der Waals surface area contributed by atoms with Crippen LogP contribution in [0, 0.1) is 5.92 Å². The molecule has 0 bridgehead atoms. The largest absolute Gasteiger partial charge is 0.508 e. The van der Waals surface area contributed by atoms with E-state index < -0.39 is 0 Å².